The monoisotopic (exact) mass is 197 g/mol. The van der Waals surface area contributed by atoms with E-state index in [0.29, 0.717) is 6.04 Å². The summed E-state index contributed by atoms with van der Waals surface area (Å²) in [7, 11) is 0. The summed E-state index contributed by atoms with van der Waals surface area (Å²) in [5, 5.41) is 3.53. The smallest absolute Gasteiger partial charge is 0.00104 e. The molecule has 84 valence electrons. The van der Waals surface area contributed by atoms with Gasteiger partial charge in [-0.3, -0.25) is 0 Å². The van der Waals surface area contributed by atoms with E-state index in [1.54, 1.807) is 0 Å². The molecular weight excluding hydrogens is 170 g/mol. The molecule has 0 spiro atoms. The summed E-state index contributed by atoms with van der Waals surface area (Å²) in [6.07, 6.45) is 8.87. The van der Waals surface area contributed by atoms with Crippen molar-refractivity contribution in [3.05, 3.63) is 0 Å². The summed E-state index contributed by atoms with van der Waals surface area (Å²) in [5.41, 5.74) is 0. The largest absolute Gasteiger partial charge is 0.314 e. The van der Waals surface area contributed by atoms with Crippen LogP contribution in [0.5, 0.6) is 0 Å². The Balaban J connectivity index is 2.09. The van der Waals surface area contributed by atoms with E-state index >= 15 is 0 Å². The highest BCUT2D eigenvalue weighted by molar-refractivity contribution is 4.70. The molecule has 14 heavy (non-hydrogen) atoms. The fraction of sp³-hybridized carbons (Fsp3) is 1.00. The number of nitrogens with one attached hydrogen (secondary N) is 1. The average Bonchev–Trinajstić information content (AvgIpc) is 2.16. The van der Waals surface area contributed by atoms with Crippen LogP contribution in [-0.2, 0) is 0 Å². The van der Waals surface area contributed by atoms with Crippen LogP contribution in [0.15, 0.2) is 0 Å². The van der Waals surface area contributed by atoms with Gasteiger partial charge in [-0.25, -0.2) is 0 Å². The van der Waals surface area contributed by atoms with Crippen molar-refractivity contribution >= 4 is 0 Å². The molecule has 1 aliphatic rings. The van der Waals surface area contributed by atoms with Gasteiger partial charge in [0.2, 0.25) is 0 Å². The topological polar surface area (TPSA) is 12.0 Å². The van der Waals surface area contributed by atoms with E-state index in [1.807, 2.05) is 0 Å². The molecule has 1 aliphatic carbocycles. The van der Waals surface area contributed by atoms with Crippen molar-refractivity contribution in [2.45, 2.75) is 65.3 Å². The van der Waals surface area contributed by atoms with Crippen molar-refractivity contribution in [2.75, 3.05) is 6.54 Å². The summed E-state index contributed by atoms with van der Waals surface area (Å²) >= 11 is 0. The molecule has 1 fully saturated rings. The molecule has 1 heteroatoms. The molecule has 1 atom stereocenters. The Morgan fingerprint density at radius 2 is 1.71 bits per heavy atom. The fourth-order valence-electron chi connectivity index (χ4n) is 2.51. The van der Waals surface area contributed by atoms with Crippen LogP contribution < -0.4 is 5.32 Å². The molecule has 0 aliphatic heterocycles. The lowest BCUT2D eigenvalue weighted by molar-refractivity contribution is 0.289. The predicted octanol–water partition coefficient (Wildman–Crippen LogP) is 3.59. The van der Waals surface area contributed by atoms with Crippen LogP contribution in [0, 0.1) is 11.8 Å². The highest BCUT2D eigenvalue weighted by atomic mass is 14.9. The molecule has 0 saturated heterocycles. The molecular formula is C13H27N. The summed E-state index contributed by atoms with van der Waals surface area (Å²) in [5.74, 6) is 1.90. The van der Waals surface area contributed by atoms with E-state index < -0.39 is 0 Å². The maximum Gasteiger partial charge on any atom is 0.00104 e. The maximum atomic E-state index is 3.53. The first-order valence-corrected chi connectivity index (χ1v) is 6.42. The zero-order chi connectivity index (χ0) is 10.4. The quantitative estimate of drug-likeness (QED) is 0.710. The Hall–Kier alpha value is -0.0400. The molecule has 0 heterocycles. The first kappa shape index (κ1) is 12.0. The third-order valence-corrected chi connectivity index (χ3v) is 3.34. The van der Waals surface area contributed by atoms with Gasteiger partial charge in [0.25, 0.3) is 0 Å². The van der Waals surface area contributed by atoms with Gasteiger partial charge >= 0.3 is 0 Å². The Labute approximate surface area is 89.7 Å². The van der Waals surface area contributed by atoms with Crippen molar-refractivity contribution in [3.8, 4) is 0 Å². The molecule has 1 unspecified atom stereocenters. The van der Waals surface area contributed by atoms with Gasteiger partial charge in [0.1, 0.15) is 0 Å². The minimum atomic E-state index is 0.642. The summed E-state index contributed by atoms with van der Waals surface area (Å²) in [6.45, 7) is 8.05. The lowest BCUT2D eigenvalue weighted by atomic mass is 9.83. The van der Waals surface area contributed by atoms with E-state index in [1.165, 1.54) is 45.1 Å². The van der Waals surface area contributed by atoms with E-state index in [0.717, 1.165) is 11.8 Å². The Kier molecular flexibility index (Phi) is 5.54. The van der Waals surface area contributed by atoms with Crippen LogP contribution in [0.2, 0.25) is 0 Å². The van der Waals surface area contributed by atoms with E-state index in [-0.39, 0.29) is 0 Å². The Bertz CT molecular complexity index is 136. The second kappa shape index (κ2) is 6.44. The fourth-order valence-corrected chi connectivity index (χ4v) is 2.51. The van der Waals surface area contributed by atoms with E-state index in [4.69, 9.17) is 0 Å². The maximum absolute atomic E-state index is 3.53. The molecule has 1 saturated carbocycles. The number of hydrogen-bond acceptors (Lipinski definition) is 1. The SMILES string of the molecule is CC(CNC(C)C)CC1CCCCC1. The molecule has 1 N–H and O–H groups in total. The highest BCUT2D eigenvalue weighted by Crippen LogP contribution is 2.28. The summed E-state index contributed by atoms with van der Waals surface area (Å²) in [4.78, 5) is 0. The second-order valence-electron chi connectivity index (χ2n) is 5.41. The average molecular weight is 197 g/mol. The van der Waals surface area contributed by atoms with Gasteiger partial charge in [0, 0.05) is 6.04 Å². The zero-order valence-corrected chi connectivity index (χ0v) is 10.2. The normalized spacial score (nSPS) is 21.4. The molecule has 0 aromatic rings. The van der Waals surface area contributed by atoms with Gasteiger partial charge in [-0.1, -0.05) is 52.9 Å². The van der Waals surface area contributed by atoms with Crippen LogP contribution >= 0.6 is 0 Å². The van der Waals surface area contributed by atoms with E-state index in [9.17, 15) is 0 Å². The van der Waals surface area contributed by atoms with Crippen LogP contribution in [0.1, 0.15) is 59.3 Å². The molecule has 0 aromatic heterocycles. The Morgan fingerprint density at radius 3 is 2.29 bits per heavy atom. The second-order valence-corrected chi connectivity index (χ2v) is 5.41. The predicted molar refractivity (Wildman–Crippen MR) is 63.5 cm³/mol. The molecule has 0 aromatic carbocycles. The van der Waals surface area contributed by atoms with Gasteiger partial charge in [-0.2, -0.15) is 0 Å². The molecule has 0 radical (unpaired) electrons. The van der Waals surface area contributed by atoms with Crippen LogP contribution in [-0.4, -0.2) is 12.6 Å². The minimum absolute atomic E-state index is 0.642. The minimum Gasteiger partial charge on any atom is -0.314 e. The molecule has 0 bridgehead atoms. The summed E-state index contributed by atoms with van der Waals surface area (Å²) in [6, 6.07) is 0.642. The van der Waals surface area contributed by atoms with Gasteiger partial charge in [0.15, 0.2) is 0 Å². The van der Waals surface area contributed by atoms with Crippen molar-refractivity contribution in [1.82, 2.24) is 5.32 Å². The Morgan fingerprint density at radius 1 is 1.07 bits per heavy atom. The summed E-state index contributed by atoms with van der Waals surface area (Å²) < 4.78 is 0. The van der Waals surface area contributed by atoms with E-state index in [2.05, 4.69) is 26.1 Å². The molecule has 1 nitrogen and oxygen atoms in total. The third kappa shape index (κ3) is 4.99. The van der Waals surface area contributed by atoms with Crippen LogP contribution in [0.3, 0.4) is 0 Å². The molecule has 0 amide bonds. The first-order valence-electron chi connectivity index (χ1n) is 6.42. The number of hydrogen-bond donors (Lipinski definition) is 1. The standard InChI is InChI=1S/C13H27N/c1-11(2)14-10-12(3)9-13-7-5-4-6-8-13/h11-14H,4-10H2,1-3H3. The van der Waals surface area contributed by atoms with Crippen LogP contribution in [0.25, 0.3) is 0 Å². The van der Waals surface area contributed by atoms with Crippen molar-refractivity contribution in [3.63, 3.8) is 0 Å². The van der Waals surface area contributed by atoms with Gasteiger partial charge in [-0.15, -0.1) is 0 Å². The van der Waals surface area contributed by atoms with Crippen molar-refractivity contribution < 1.29 is 0 Å². The number of rotatable bonds is 5. The van der Waals surface area contributed by atoms with Gasteiger partial charge < -0.3 is 5.32 Å². The lowest BCUT2D eigenvalue weighted by Gasteiger charge is -2.25. The van der Waals surface area contributed by atoms with Gasteiger partial charge in [-0.05, 0) is 24.8 Å². The third-order valence-electron chi connectivity index (χ3n) is 3.34. The first-order chi connectivity index (χ1) is 6.68. The van der Waals surface area contributed by atoms with Crippen molar-refractivity contribution in [2.24, 2.45) is 11.8 Å². The highest BCUT2D eigenvalue weighted by Gasteiger charge is 2.16. The zero-order valence-electron chi connectivity index (χ0n) is 10.2. The van der Waals surface area contributed by atoms with Crippen LogP contribution in [0.4, 0.5) is 0 Å². The molecule has 1 rings (SSSR count). The van der Waals surface area contributed by atoms with Gasteiger partial charge in [0.05, 0.1) is 0 Å². The lowest BCUT2D eigenvalue weighted by Crippen LogP contribution is -2.29. The van der Waals surface area contributed by atoms with Crippen molar-refractivity contribution in [1.29, 1.82) is 0 Å².